The zero-order chi connectivity index (χ0) is 13.1. The summed E-state index contributed by atoms with van der Waals surface area (Å²) in [6.07, 6.45) is 0. The molecule has 0 bridgehead atoms. The van der Waals surface area contributed by atoms with Gasteiger partial charge in [-0.1, -0.05) is 29.8 Å². The Morgan fingerprint density at radius 1 is 1.28 bits per heavy atom. The summed E-state index contributed by atoms with van der Waals surface area (Å²) < 4.78 is 14.0. The average Bonchev–Trinajstić information content (AvgIpc) is 2.32. The number of benzene rings is 2. The lowest BCUT2D eigenvalue weighted by molar-refractivity contribution is 0.621. The maximum absolute atomic E-state index is 13.4. The fraction of sp³-hybridized carbons (Fsp3) is 0.143. The second kappa shape index (κ2) is 5.56. The van der Waals surface area contributed by atoms with Crippen molar-refractivity contribution < 1.29 is 4.39 Å². The average molecular weight is 356 g/mol. The summed E-state index contributed by atoms with van der Waals surface area (Å²) >= 11 is 1.93. The number of halogens is 2. The summed E-state index contributed by atoms with van der Waals surface area (Å²) in [7, 11) is 0. The van der Waals surface area contributed by atoms with E-state index in [1.54, 1.807) is 6.07 Å². The zero-order valence-corrected chi connectivity index (χ0v) is 12.2. The van der Waals surface area contributed by atoms with E-state index in [2.05, 4.69) is 11.4 Å². The first-order chi connectivity index (χ1) is 8.56. The molecule has 18 heavy (non-hydrogen) atoms. The molecular formula is C14H14FIN2. The van der Waals surface area contributed by atoms with Crippen molar-refractivity contribution in [3.63, 3.8) is 0 Å². The van der Waals surface area contributed by atoms with E-state index in [9.17, 15) is 4.39 Å². The fourth-order valence-corrected chi connectivity index (χ4v) is 2.23. The second-order valence-electron chi connectivity index (χ2n) is 4.20. The molecule has 0 unspecified atom stereocenters. The normalized spacial score (nSPS) is 10.4. The maximum Gasteiger partial charge on any atom is 0.138 e. The molecule has 0 saturated carbocycles. The molecule has 0 aliphatic carbocycles. The second-order valence-corrected chi connectivity index (χ2v) is 5.36. The van der Waals surface area contributed by atoms with E-state index in [-0.39, 0.29) is 5.82 Å². The molecule has 0 radical (unpaired) electrons. The van der Waals surface area contributed by atoms with Gasteiger partial charge < -0.3 is 11.1 Å². The fourth-order valence-electron chi connectivity index (χ4n) is 1.73. The molecule has 2 nitrogen and oxygen atoms in total. The molecule has 0 atom stereocenters. The van der Waals surface area contributed by atoms with Crippen molar-refractivity contribution >= 4 is 34.0 Å². The molecule has 0 amide bonds. The summed E-state index contributed by atoms with van der Waals surface area (Å²) in [5.74, 6) is -0.253. The summed E-state index contributed by atoms with van der Waals surface area (Å²) in [5, 5.41) is 3.16. The highest BCUT2D eigenvalue weighted by molar-refractivity contribution is 14.1. The van der Waals surface area contributed by atoms with E-state index in [0.29, 0.717) is 21.5 Å². The lowest BCUT2D eigenvalue weighted by atomic mass is 10.1. The van der Waals surface area contributed by atoms with Crippen molar-refractivity contribution in [2.45, 2.75) is 13.5 Å². The third-order valence-electron chi connectivity index (χ3n) is 2.66. The number of hydrogen-bond acceptors (Lipinski definition) is 2. The molecule has 94 valence electrons. The minimum Gasteiger partial charge on any atom is -0.397 e. The van der Waals surface area contributed by atoms with Crippen molar-refractivity contribution in [3.8, 4) is 0 Å². The minimum absolute atomic E-state index is 0.253. The summed E-state index contributed by atoms with van der Waals surface area (Å²) in [6.45, 7) is 2.67. The minimum atomic E-state index is -0.253. The van der Waals surface area contributed by atoms with Gasteiger partial charge in [0.15, 0.2) is 0 Å². The van der Waals surface area contributed by atoms with Crippen LogP contribution < -0.4 is 11.1 Å². The van der Waals surface area contributed by atoms with E-state index in [1.165, 1.54) is 11.6 Å². The number of nitrogen functional groups attached to an aromatic ring is 1. The molecule has 0 saturated heterocycles. The van der Waals surface area contributed by atoms with Crippen LogP contribution >= 0.6 is 22.6 Å². The van der Waals surface area contributed by atoms with E-state index in [0.717, 1.165) is 5.56 Å². The largest absolute Gasteiger partial charge is 0.397 e. The molecule has 0 aromatic heterocycles. The number of rotatable bonds is 3. The lowest BCUT2D eigenvalue weighted by Gasteiger charge is -2.10. The molecule has 0 aliphatic heterocycles. The molecule has 0 heterocycles. The van der Waals surface area contributed by atoms with Crippen LogP contribution in [0.3, 0.4) is 0 Å². The van der Waals surface area contributed by atoms with Crippen molar-refractivity contribution in [2.75, 3.05) is 11.1 Å². The van der Waals surface area contributed by atoms with Crippen LogP contribution in [0.5, 0.6) is 0 Å². The van der Waals surface area contributed by atoms with Crippen LogP contribution in [0.2, 0.25) is 0 Å². The summed E-state index contributed by atoms with van der Waals surface area (Å²) in [5.41, 5.74) is 9.40. The van der Waals surface area contributed by atoms with Crippen molar-refractivity contribution in [3.05, 3.63) is 56.9 Å². The first-order valence-corrected chi connectivity index (χ1v) is 6.68. The Morgan fingerprint density at radius 2 is 2.06 bits per heavy atom. The van der Waals surface area contributed by atoms with Crippen LogP contribution in [0.25, 0.3) is 0 Å². The van der Waals surface area contributed by atoms with E-state index in [1.807, 2.05) is 47.7 Å². The first kappa shape index (κ1) is 13.1. The smallest absolute Gasteiger partial charge is 0.138 e. The van der Waals surface area contributed by atoms with E-state index in [4.69, 9.17) is 5.73 Å². The van der Waals surface area contributed by atoms with Crippen molar-refractivity contribution in [1.82, 2.24) is 0 Å². The third kappa shape index (κ3) is 3.13. The monoisotopic (exact) mass is 356 g/mol. The van der Waals surface area contributed by atoms with Gasteiger partial charge in [-0.2, -0.15) is 0 Å². The van der Waals surface area contributed by atoms with E-state index >= 15 is 0 Å². The van der Waals surface area contributed by atoms with Crippen molar-refractivity contribution in [2.24, 2.45) is 0 Å². The molecule has 0 spiro atoms. The van der Waals surface area contributed by atoms with Crippen molar-refractivity contribution in [1.29, 1.82) is 0 Å². The molecule has 2 aromatic carbocycles. The van der Waals surface area contributed by atoms with Gasteiger partial charge in [-0.05, 0) is 41.1 Å². The maximum atomic E-state index is 13.4. The Bertz CT molecular complexity index is 570. The molecule has 2 aromatic rings. The van der Waals surface area contributed by atoms with Gasteiger partial charge in [0, 0.05) is 12.6 Å². The van der Waals surface area contributed by atoms with Crippen LogP contribution in [0.15, 0.2) is 36.4 Å². The highest BCUT2D eigenvalue weighted by atomic mass is 127. The molecule has 3 N–H and O–H groups in total. The van der Waals surface area contributed by atoms with Crippen LogP contribution in [-0.2, 0) is 6.54 Å². The van der Waals surface area contributed by atoms with Crippen LogP contribution in [0.1, 0.15) is 11.1 Å². The summed E-state index contributed by atoms with van der Waals surface area (Å²) in [4.78, 5) is 0. The SMILES string of the molecule is Cc1cccc(CNc2cc(F)c(I)cc2N)c1. The van der Waals surface area contributed by atoms with Gasteiger partial charge in [-0.3, -0.25) is 0 Å². The molecule has 4 heteroatoms. The molecule has 0 fully saturated rings. The molecule has 2 rings (SSSR count). The number of hydrogen-bond donors (Lipinski definition) is 2. The predicted molar refractivity (Wildman–Crippen MR) is 82.0 cm³/mol. The van der Waals surface area contributed by atoms with Gasteiger partial charge in [0.2, 0.25) is 0 Å². The summed E-state index contributed by atoms with van der Waals surface area (Å²) in [6, 6.07) is 11.2. The Hall–Kier alpha value is -1.30. The van der Waals surface area contributed by atoms with Crippen LogP contribution in [0.4, 0.5) is 15.8 Å². The molecule has 0 aliphatic rings. The topological polar surface area (TPSA) is 38.0 Å². The quantitative estimate of drug-likeness (QED) is 0.646. The lowest BCUT2D eigenvalue weighted by Crippen LogP contribution is -2.04. The highest BCUT2D eigenvalue weighted by Crippen LogP contribution is 2.24. The number of nitrogens with two attached hydrogens (primary N) is 1. The number of aryl methyl sites for hydroxylation is 1. The van der Waals surface area contributed by atoms with Gasteiger partial charge in [0.05, 0.1) is 14.9 Å². The Morgan fingerprint density at radius 3 is 2.78 bits per heavy atom. The van der Waals surface area contributed by atoms with Gasteiger partial charge in [-0.15, -0.1) is 0 Å². The Kier molecular flexibility index (Phi) is 4.06. The van der Waals surface area contributed by atoms with Gasteiger partial charge >= 0.3 is 0 Å². The van der Waals surface area contributed by atoms with Crippen LogP contribution in [0, 0.1) is 16.3 Å². The van der Waals surface area contributed by atoms with Gasteiger partial charge in [-0.25, -0.2) is 4.39 Å². The number of nitrogens with one attached hydrogen (secondary N) is 1. The number of anilines is 2. The zero-order valence-electron chi connectivity index (χ0n) is 10.0. The Balaban J connectivity index is 2.13. The first-order valence-electron chi connectivity index (χ1n) is 5.60. The van der Waals surface area contributed by atoms with Gasteiger partial charge in [0.25, 0.3) is 0 Å². The highest BCUT2D eigenvalue weighted by Gasteiger charge is 2.05. The standard InChI is InChI=1S/C14H14FIN2/c1-9-3-2-4-10(5-9)8-18-14-6-11(15)12(16)7-13(14)17/h2-7,18H,8,17H2,1H3. The predicted octanol–water partition coefficient (Wildman–Crippen LogP) is 3.93. The Labute approximate surface area is 120 Å². The van der Waals surface area contributed by atoms with E-state index < -0.39 is 0 Å². The molecular weight excluding hydrogens is 342 g/mol. The van der Waals surface area contributed by atoms with Gasteiger partial charge in [0.1, 0.15) is 5.82 Å². The van der Waals surface area contributed by atoms with Crippen LogP contribution in [-0.4, -0.2) is 0 Å². The third-order valence-corrected chi connectivity index (χ3v) is 3.48.